The van der Waals surface area contributed by atoms with Crippen molar-refractivity contribution in [2.75, 3.05) is 13.1 Å². The van der Waals surface area contributed by atoms with Crippen molar-refractivity contribution < 1.29 is 14.3 Å². The van der Waals surface area contributed by atoms with E-state index in [1.54, 1.807) is 4.90 Å². The molecular weight excluding hydrogens is 254 g/mol. The zero-order valence-electron chi connectivity index (χ0n) is 11.5. The van der Waals surface area contributed by atoms with Crippen LogP contribution in [0.15, 0.2) is 41.5 Å². The Morgan fingerprint density at radius 1 is 1.35 bits per heavy atom. The van der Waals surface area contributed by atoms with Crippen LogP contribution in [0.2, 0.25) is 0 Å². The number of carbonyl (C=O) groups is 2. The number of amides is 1. The van der Waals surface area contributed by atoms with Crippen molar-refractivity contribution in [3.63, 3.8) is 0 Å². The number of ether oxygens (including phenoxy) is 1. The Hall–Kier alpha value is -2.10. The molecule has 104 valence electrons. The van der Waals surface area contributed by atoms with Crippen molar-refractivity contribution in [2.45, 2.75) is 25.9 Å². The average Bonchev–Trinajstić information content (AvgIpc) is 2.81. The summed E-state index contributed by atoms with van der Waals surface area (Å²) in [7, 11) is 0. The lowest BCUT2D eigenvalue weighted by molar-refractivity contribution is -0.140. The molecule has 1 amide bonds. The minimum atomic E-state index is -0.237. The van der Waals surface area contributed by atoms with Crippen LogP contribution >= 0.6 is 0 Å². The van der Waals surface area contributed by atoms with Crippen molar-refractivity contribution in [2.24, 2.45) is 0 Å². The first-order chi connectivity index (χ1) is 9.70. The maximum absolute atomic E-state index is 12.4. The summed E-state index contributed by atoms with van der Waals surface area (Å²) in [6, 6.07) is 9.22. The van der Waals surface area contributed by atoms with Crippen molar-refractivity contribution >= 4 is 11.9 Å². The van der Waals surface area contributed by atoms with Crippen molar-refractivity contribution in [3.8, 4) is 0 Å². The SMILES string of the molecule is CCC1=C2CCN(C(=O)c3ccccc3)CC2OC1=O. The minimum absolute atomic E-state index is 0.00523. The average molecular weight is 271 g/mol. The summed E-state index contributed by atoms with van der Waals surface area (Å²) in [5, 5.41) is 0. The first kappa shape index (κ1) is 12.9. The molecule has 2 aliphatic rings. The van der Waals surface area contributed by atoms with E-state index in [2.05, 4.69) is 0 Å². The van der Waals surface area contributed by atoms with Crippen molar-refractivity contribution in [1.29, 1.82) is 0 Å². The van der Waals surface area contributed by atoms with E-state index >= 15 is 0 Å². The molecule has 0 bridgehead atoms. The number of likely N-dealkylation sites (tertiary alicyclic amines) is 1. The summed E-state index contributed by atoms with van der Waals surface area (Å²) < 4.78 is 5.38. The van der Waals surface area contributed by atoms with E-state index in [1.165, 1.54) is 0 Å². The molecule has 4 nitrogen and oxygen atoms in total. The van der Waals surface area contributed by atoms with Gasteiger partial charge in [0.1, 0.15) is 6.10 Å². The lowest BCUT2D eigenvalue weighted by Crippen LogP contribution is -2.43. The monoisotopic (exact) mass is 271 g/mol. The molecule has 1 atom stereocenters. The summed E-state index contributed by atoms with van der Waals surface area (Å²) in [6.45, 7) is 3.09. The highest BCUT2D eigenvalue weighted by Gasteiger charge is 2.38. The highest BCUT2D eigenvalue weighted by atomic mass is 16.5. The van der Waals surface area contributed by atoms with Gasteiger partial charge in [0.05, 0.1) is 6.54 Å². The molecule has 3 rings (SSSR count). The van der Waals surface area contributed by atoms with Crippen LogP contribution < -0.4 is 0 Å². The normalized spacial score (nSPS) is 21.8. The molecule has 0 aromatic heterocycles. The number of piperidine rings is 1. The summed E-state index contributed by atoms with van der Waals surface area (Å²) >= 11 is 0. The highest BCUT2D eigenvalue weighted by Crippen LogP contribution is 2.31. The van der Waals surface area contributed by atoms with Crippen LogP contribution in [0.1, 0.15) is 30.1 Å². The second kappa shape index (κ2) is 5.12. The lowest BCUT2D eigenvalue weighted by Gasteiger charge is -2.31. The van der Waals surface area contributed by atoms with Gasteiger partial charge in [0.2, 0.25) is 0 Å². The smallest absolute Gasteiger partial charge is 0.334 e. The second-order valence-corrected chi connectivity index (χ2v) is 5.12. The zero-order chi connectivity index (χ0) is 14.1. The van der Waals surface area contributed by atoms with Gasteiger partial charge in [-0.25, -0.2) is 4.79 Å². The fourth-order valence-corrected chi connectivity index (χ4v) is 2.92. The number of rotatable bonds is 2. The Bertz CT molecular complexity index is 577. The number of benzene rings is 1. The molecule has 1 saturated heterocycles. The Balaban J connectivity index is 1.77. The number of esters is 1. The Morgan fingerprint density at radius 2 is 2.10 bits per heavy atom. The van der Waals surface area contributed by atoms with E-state index in [0.29, 0.717) is 25.1 Å². The van der Waals surface area contributed by atoms with E-state index in [1.807, 2.05) is 37.3 Å². The summed E-state index contributed by atoms with van der Waals surface area (Å²) in [5.41, 5.74) is 2.58. The molecule has 1 aromatic carbocycles. The predicted octanol–water partition coefficient (Wildman–Crippen LogP) is 2.16. The van der Waals surface area contributed by atoms with Gasteiger partial charge in [-0.3, -0.25) is 4.79 Å². The Morgan fingerprint density at radius 3 is 2.80 bits per heavy atom. The van der Waals surface area contributed by atoms with Gasteiger partial charge in [0.15, 0.2) is 0 Å². The van der Waals surface area contributed by atoms with Gasteiger partial charge in [-0.2, -0.15) is 0 Å². The molecule has 1 fully saturated rings. The molecule has 2 aliphatic heterocycles. The van der Waals surface area contributed by atoms with Gasteiger partial charge in [-0.05, 0) is 30.5 Å². The maximum atomic E-state index is 12.4. The third-order valence-electron chi connectivity index (χ3n) is 3.97. The number of fused-ring (bicyclic) bond motifs is 1. The van der Waals surface area contributed by atoms with E-state index < -0.39 is 0 Å². The molecule has 4 heteroatoms. The summed E-state index contributed by atoms with van der Waals surface area (Å²) in [6.07, 6.45) is 1.20. The largest absolute Gasteiger partial charge is 0.453 e. The number of hydrogen-bond acceptors (Lipinski definition) is 3. The molecule has 2 heterocycles. The summed E-state index contributed by atoms with van der Waals surface area (Å²) in [5.74, 6) is -0.202. The van der Waals surface area contributed by atoms with Gasteiger partial charge < -0.3 is 9.64 Å². The molecule has 1 aromatic rings. The standard InChI is InChI=1S/C16H17NO3/c1-2-12-13-8-9-17(10-14(13)20-16(12)19)15(18)11-6-4-3-5-7-11/h3-7,14H,2,8-10H2,1H3. The summed E-state index contributed by atoms with van der Waals surface area (Å²) in [4.78, 5) is 25.9. The van der Waals surface area contributed by atoms with Gasteiger partial charge in [-0.1, -0.05) is 25.1 Å². The molecule has 0 N–H and O–H groups in total. The van der Waals surface area contributed by atoms with E-state index in [0.717, 1.165) is 17.6 Å². The second-order valence-electron chi connectivity index (χ2n) is 5.12. The highest BCUT2D eigenvalue weighted by molar-refractivity contribution is 5.95. The molecule has 1 unspecified atom stereocenters. The number of nitrogens with zero attached hydrogens (tertiary/aromatic N) is 1. The first-order valence-electron chi connectivity index (χ1n) is 6.98. The van der Waals surface area contributed by atoms with Crippen LogP contribution in [0.3, 0.4) is 0 Å². The molecule has 0 aliphatic carbocycles. The first-order valence-corrected chi connectivity index (χ1v) is 6.98. The third-order valence-corrected chi connectivity index (χ3v) is 3.97. The topological polar surface area (TPSA) is 46.6 Å². The Kier molecular flexibility index (Phi) is 3.30. The van der Waals surface area contributed by atoms with Crippen molar-refractivity contribution in [1.82, 2.24) is 4.90 Å². The molecule has 0 radical (unpaired) electrons. The van der Waals surface area contributed by atoms with Crippen LogP contribution in [0.4, 0.5) is 0 Å². The van der Waals surface area contributed by atoms with Crippen molar-refractivity contribution in [3.05, 3.63) is 47.0 Å². The minimum Gasteiger partial charge on any atom is -0.453 e. The lowest BCUT2D eigenvalue weighted by atomic mass is 9.96. The number of carbonyl (C=O) groups excluding carboxylic acids is 2. The Labute approximate surface area is 118 Å². The van der Waals surface area contributed by atoms with Crippen LogP contribution in [0.25, 0.3) is 0 Å². The molecular formula is C16H17NO3. The molecule has 0 saturated carbocycles. The fourth-order valence-electron chi connectivity index (χ4n) is 2.92. The quantitative estimate of drug-likeness (QED) is 0.774. The van der Waals surface area contributed by atoms with Crippen LogP contribution in [0.5, 0.6) is 0 Å². The van der Waals surface area contributed by atoms with Crippen LogP contribution in [-0.2, 0) is 9.53 Å². The van der Waals surface area contributed by atoms with E-state index in [4.69, 9.17) is 4.74 Å². The molecule has 0 spiro atoms. The maximum Gasteiger partial charge on any atom is 0.334 e. The van der Waals surface area contributed by atoms with E-state index in [9.17, 15) is 9.59 Å². The van der Waals surface area contributed by atoms with Gasteiger partial charge >= 0.3 is 5.97 Å². The fraction of sp³-hybridized carbons (Fsp3) is 0.375. The zero-order valence-corrected chi connectivity index (χ0v) is 11.5. The molecule has 20 heavy (non-hydrogen) atoms. The van der Waals surface area contributed by atoms with Crippen LogP contribution in [0, 0.1) is 0 Å². The predicted molar refractivity (Wildman–Crippen MR) is 74.2 cm³/mol. The van der Waals surface area contributed by atoms with Crippen LogP contribution in [-0.4, -0.2) is 36.0 Å². The number of hydrogen-bond donors (Lipinski definition) is 0. The van der Waals surface area contributed by atoms with Gasteiger partial charge in [-0.15, -0.1) is 0 Å². The third kappa shape index (κ3) is 2.11. The van der Waals surface area contributed by atoms with E-state index in [-0.39, 0.29) is 18.0 Å². The van der Waals surface area contributed by atoms with Gasteiger partial charge in [0.25, 0.3) is 5.91 Å². The van der Waals surface area contributed by atoms with Gasteiger partial charge in [0, 0.05) is 17.7 Å².